The van der Waals surface area contributed by atoms with Crippen molar-refractivity contribution in [3.8, 4) is 11.5 Å². The van der Waals surface area contributed by atoms with Crippen molar-refractivity contribution < 1.29 is 14.6 Å². The maximum Gasteiger partial charge on any atom is 0.119 e. The van der Waals surface area contributed by atoms with E-state index in [0.717, 1.165) is 11.5 Å². The molecule has 3 atom stereocenters. The third-order valence-corrected chi connectivity index (χ3v) is 5.00. The molecule has 136 valence electrons. The van der Waals surface area contributed by atoms with Crippen molar-refractivity contribution in [1.82, 2.24) is 5.32 Å². The molecular weight excluding hydrogens is 302 g/mol. The van der Waals surface area contributed by atoms with Crippen LogP contribution in [0.25, 0.3) is 0 Å². The van der Waals surface area contributed by atoms with Crippen molar-refractivity contribution in [2.24, 2.45) is 11.3 Å². The van der Waals surface area contributed by atoms with Crippen LogP contribution >= 0.6 is 0 Å². The Kier molecular flexibility index (Phi) is 6.93. The van der Waals surface area contributed by atoms with Gasteiger partial charge >= 0.3 is 0 Å². The molecule has 0 bridgehead atoms. The van der Waals surface area contributed by atoms with Gasteiger partial charge in [-0.05, 0) is 48.4 Å². The van der Waals surface area contributed by atoms with Gasteiger partial charge in [-0.15, -0.1) is 0 Å². The fourth-order valence-electron chi connectivity index (χ4n) is 3.62. The molecule has 4 nitrogen and oxygen atoms in total. The summed E-state index contributed by atoms with van der Waals surface area (Å²) in [5, 5.41) is 13.8. The first-order valence-electron chi connectivity index (χ1n) is 9.08. The SMILES string of the molecule is COc1ccc(OCC(O)CNC2CCCCC2C(C)(C)C)cc1. The number of methoxy groups -OCH3 is 1. The number of hydrogen-bond donors (Lipinski definition) is 2. The zero-order valence-corrected chi connectivity index (χ0v) is 15.5. The summed E-state index contributed by atoms with van der Waals surface area (Å²) in [5.74, 6) is 2.22. The Balaban J connectivity index is 1.76. The molecule has 1 aliphatic rings. The lowest BCUT2D eigenvalue weighted by Gasteiger charge is -2.41. The predicted octanol–water partition coefficient (Wildman–Crippen LogP) is 3.63. The highest BCUT2D eigenvalue weighted by molar-refractivity contribution is 5.31. The number of rotatable bonds is 7. The molecule has 2 N–H and O–H groups in total. The molecule has 0 amide bonds. The van der Waals surface area contributed by atoms with Crippen LogP contribution in [-0.4, -0.2) is 37.5 Å². The minimum atomic E-state index is -0.505. The Morgan fingerprint density at radius 3 is 2.38 bits per heavy atom. The second-order valence-electron chi connectivity index (χ2n) is 7.91. The number of aliphatic hydroxyl groups excluding tert-OH is 1. The molecule has 2 rings (SSSR count). The first-order chi connectivity index (χ1) is 11.4. The lowest BCUT2D eigenvalue weighted by molar-refractivity contribution is 0.0827. The lowest BCUT2D eigenvalue weighted by atomic mass is 9.69. The van der Waals surface area contributed by atoms with Crippen LogP contribution in [0.5, 0.6) is 11.5 Å². The van der Waals surface area contributed by atoms with Crippen LogP contribution < -0.4 is 14.8 Å². The van der Waals surface area contributed by atoms with Crippen molar-refractivity contribution in [3.63, 3.8) is 0 Å². The van der Waals surface area contributed by atoms with Crippen LogP contribution in [0, 0.1) is 11.3 Å². The fraction of sp³-hybridized carbons (Fsp3) is 0.700. The minimum Gasteiger partial charge on any atom is -0.497 e. The molecular formula is C20H33NO3. The third-order valence-electron chi connectivity index (χ3n) is 5.00. The number of hydrogen-bond acceptors (Lipinski definition) is 4. The quantitative estimate of drug-likeness (QED) is 0.799. The molecule has 3 unspecified atom stereocenters. The summed E-state index contributed by atoms with van der Waals surface area (Å²) >= 11 is 0. The predicted molar refractivity (Wildman–Crippen MR) is 97.7 cm³/mol. The Morgan fingerprint density at radius 2 is 1.75 bits per heavy atom. The average molecular weight is 335 g/mol. The third kappa shape index (κ3) is 5.67. The molecule has 0 heterocycles. The summed E-state index contributed by atoms with van der Waals surface area (Å²) in [7, 11) is 1.64. The largest absolute Gasteiger partial charge is 0.497 e. The standard InChI is InChI=1S/C20H33NO3/c1-20(2,3)18-7-5-6-8-19(18)21-13-15(22)14-24-17-11-9-16(23-4)10-12-17/h9-12,15,18-19,21-22H,5-8,13-14H2,1-4H3. The van der Waals surface area contributed by atoms with Gasteiger partial charge in [-0.25, -0.2) is 0 Å². The van der Waals surface area contributed by atoms with Gasteiger partial charge in [0.2, 0.25) is 0 Å². The Labute approximate surface area is 146 Å². The van der Waals surface area contributed by atoms with Gasteiger partial charge in [0.15, 0.2) is 0 Å². The number of benzene rings is 1. The van der Waals surface area contributed by atoms with Crippen molar-refractivity contribution in [3.05, 3.63) is 24.3 Å². The van der Waals surface area contributed by atoms with E-state index in [9.17, 15) is 5.11 Å². The molecule has 0 aliphatic heterocycles. The molecule has 1 aromatic carbocycles. The Morgan fingerprint density at radius 1 is 1.12 bits per heavy atom. The van der Waals surface area contributed by atoms with Gasteiger partial charge in [0.1, 0.15) is 24.2 Å². The van der Waals surface area contributed by atoms with Gasteiger partial charge in [0.25, 0.3) is 0 Å². The summed E-state index contributed by atoms with van der Waals surface area (Å²) in [5.41, 5.74) is 0.308. The molecule has 24 heavy (non-hydrogen) atoms. The lowest BCUT2D eigenvalue weighted by Crippen LogP contribution is -2.47. The van der Waals surface area contributed by atoms with E-state index in [1.807, 2.05) is 24.3 Å². The monoisotopic (exact) mass is 335 g/mol. The Hall–Kier alpha value is -1.26. The summed E-state index contributed by atoms with van der Waals surface area (Å²) in [6, 6.07) is 7.92. The first kappa shape index (κ1) is 19.1. The normalized spacial score (nSPS) is 22.9. The maximum atomic E-state index is 10.2. The average Bonchev–Trinajstić information content (AvgIpc) is 2.58. The van der Waals surface area contributed by atoms with Gasteiger partial charge in [0, 0.05) is 12.6 Å². The van der Waals surface area contributed by atoms with Crippen LogP contribution in [0.4, 0.5) is 0 Å². The zero-order chi connectivity index (χ0) is 17.6. The first-order valence-corrected chi connectivity index (χ1v) is 9.08. The van der Waals surface area contributed by atoms with Gasteiger partial charge < -0.3 is 19.9 Å². The van der Waals surface area contributed by atoms with E-state index < -0.39 is 6.10 Å². The highest BCUT2D eigenvalue weighted by Crippen LogP contribution is 2.37. The second-order valence-corrected chi connectivity index (χ2v) is 7.91. The van der Waals surface area contributed by atoms with Gasteiger partial charge in [-0.1, -0.05) is 33.6 Å². The molecule has 4 heteroatoms. The second kappa shape index (κ2) is 8.72. The van der Waals surface area contributed by atoms with E-state index in [-0.39, 0.29) is 0 Å². The molecule has 1 saturated carbocycles. The number of ether oxygens (including phenoxy) is 2. The number of aliphatic hydroxyl groups is 1. The summed E-state index contributed by atoms with van der Waals surface area (Å²) in [4.78, 5) is 0. The molecule has 1 fully saturated rings. The highest BCUT2D eigenvalue weighted by atomic mass is 16.5. The van der Waals surface area contributed by atoms with Crippen LogP contribution in [0.2, 0.25) is 0 Å². The summed E-state index contributed by atoms with van der Waals surface area (Å²) < 4.78 is 10.8. The molecule has 0 spiro atoms. The van der Waals surface area contributed by atoms with Crippen LogP contribution in [-0.2, 0) is 0 Å². The highest BCUT2D eigenvalue weighted by Gasteiger charge is 2.33. The van der Waals surface area contributed by atoms with Crippen molar-refractivity contribution in [2.45, 2.75) is 58.6 Å². The van der Waals surface area contributed by atoms with Gasteiger partial charge in [0.05, 0.1) is 7.11 Å². The van der Waals surface area contributed by atoms with E-state index in [1.165, 1.54) is 25.7 Å². The summed E-state index contributed by atoms with van der Waals surface area (Å²) in [6.07, 6.45) is 4.58. The van der Waals surface area contributed by atoms with Gasteiger partial charge in [-0.3, -0.25) is 0 Å². The van der Waals surface area contributed by atoms with E-state index in [2.05, 4.69) is 26.1 Å². The van der Waals surface area contributed by atoms with Crippen molar-refractivity contribution in [1.29, 1.82) is 0 Å². The molecule has 1 aliphatic carbocycles. The Bertz CT molecular complexity index is 481. The van der Waals surface area contributed by atoms with E-state index >= 15 is 0 Å². The molecule has 0 saturated heterocycles. The molecule has 0 radical (unpaired) electrons. The maximum absolute atomic E-state index is 10.2. The summed E-state index contributed by atoms with van der Waals surface area (Å²) in [6.45, 7) is 7.84. The number of nitrogens with one attached hydrogen (secondary N) is 1. The molecule has 1 aromatic rings. The van der Waals surface area contributed by atoms with Crippen LogP contribution in [0.15, 0.2) is 24.3 Å². The van der Waals surface area contributed by atoms with E-state index in [0.29, 0.717) is 30.5 Å². The van der Waals surface area contributed by atoms with Crippen molar-refractivity contribution in [2.75, 3.05) is 20.3 Å². The van der Waals surface area contributed by atoms with Crippen LogP contribution in [0.3, 0.4) is 0 Å². The zero-order valence-electron chi connectivity index (χ0n) is 15.5. The van der Waals surface area contributed by atoms with Crippen molar-refractivity contribution >= 4 is 0 Å². The molecule has 0 aromatic heterocycles. The minimum absolute atomic E-state index is 0.298. The van der Waals surface area contributed by atoms with E-state index in [4.69, 9.17) is 9.47 Å². The van der Waals surface area contributed by atoms with Gasteiger partial charge in [-0.2, -0.15) is 0 Å². The smallest absolute Gasteiger partial charge is 0.119 e. The van der Waals surface area contributed by atoms with E-state index in [1.54, 1.807) is 7.11 Å². The van der Waals surface area contributed by atoms with Crippen LogP contribution in [0.1, 0.15) is 46.5 Å². The topological polar surface area (TPSA) is 50.7 Å². The fourth-order valence-corrected chi connectivity index (χ4v) is 3.62.